The molecule has 0 saturated carbocycles. The number of hydrogen-bond donors (Lipinski definition) is 0. The second-order valence-corrected chi connectivity index (χ2v) is 6.92. The summed E-state index contributed by atoms with van der Waals surface area (Å²) in [4.78, 5) is 0.211. The van der Waals surface area contributed by atoms with Gasteiger partial charge in [-0.1, -0.05) is 73.1 Å². The van der Waals surface area contributed by atoms with E-state index in [1.54, 1.807) is 7.11 Å². The highest BCUT2D eigenvalue weighted by atomic mass is 79.9. The summed E-state index contributed by atoms with van der Waals surface area (Å²) in [5, 5.41) is 0. The molecule has 0 aliphatic carbocycles. The monoisotopic (exact) mass is 332 g/mol. The Morgan fingerprint density at radius 1 is 0.850 bits per heavy atom. The molecule has 2 heteroatoms. The Balaban J connectivity index is 2.22. The number of rotatable bonds is 3. The summed E-state index contributed by atoms with van der Waals surface area (Å²) in [6, 6.07) is 17.0. The maximum Gasteiger partial charge on any atom is 0.118 e. The van der Waals surface area contributed by atoms with E-state index in [1.165, 1.54) is 16.7 Å². The molecule has 0 saturated heterocycles. The summed E-state index contributed by atoms with van der Waals surface area (Å²) in [5.74, 6) is 0.886. The molecule has 0 amide bonds. The van der Waals surface area contributed by atoms with Gasteiger partial charge < -0.3 is 4.74 Å². The van der Waals surface area contributed by atoms with Crippen LogP contribution in [0.4, 0.5) is 0 Å². The van der Waals surface area contributed by atoms with E-state index < -0.39 is 0 Å². The van der Waals surface area contributed by atoms with Crippen molar-refractivity contribution >= 4 is 15.9 Å². The summed E-state index contributed by atoms with van der Waals surface area (Å²) in [6.07, 6.45) is 0. The van der Waals surface area contributed by atoms with Crippen LogP contribution in [0.25, 0.3) is 0 Å². The van der Waals surface area contributed by atoms with Crippen molar-refractivity contribution in [2.45, 2.75) is 31.0 Å². The average Bonchev–Trinajstić information content (AvgIpc) is 2.46. The lowest BCUT2D eigenvalue weighted by Gasteiger charge is -2.20. The maximum absolute atomic E-state index is 5.19. The molecule has 1 nitrogen and oxygen atoms in total. The molecule has 2 aromatic carbocycles. The third-order valence-corrected chi connectivity index (χ3v) is 4.54. The first-order chi connectivity index (χ1) is 9.41. The first kappa shape index (κ1) is 15.1. The molecule has 2 aromatic rings. The SMILES string of the molecule is COc1ccc(C(Br)c2ccc(C(C)(C)C)cc2)cc1. The molecule has 1 unspecified atom stereocenters. The molecule has 0 N–H and O–H groups in total. The molecule has 0 aromatic heterocycles. The Kier molecular flexibility index (Phi) is 4.54. The lowest BCUT2D eigenvalue weighted by Crippen LogP contribution is -2.10. The van der Waals surface area contributed by atoms with Crippen LogP contribution in [-0.4, -0.2) is 7.11 Å². The van der Waals surface area contributed by atoms with Crippen LogP contribution in [0.3, 0.4) is 0 Å². The molecule has 106 valence electrons. The number of ether oxygens (including phenoxy) is 1. The Labute approximate surface area is 130 Å². The van der Waals surface area contributed by atoms with Gasteiger partial charge in [0.2, 0.25) is 0 Å². The number of halogens is 1. The van der Waals surface area contributed by atoms with Crippen LogP contribution in [-0.2, 0) is 5.41 Å². The number of methoxy groups -OCH3 is 1. The van der Waals surface area contributed by atoms with E-state index in [2.05, 4.69) is 73.1 Å². The minimum Gasteiger partial charge on any atom is -0.497 e. The molecule has 1 atom stereocenters. The van der Waals surface area contributed by atoms with Crippen molar-refractivity contribution in [2.24, 2.45) is 0 Å². The van der Waals surface area contributed by atoms with Gasteiger partial charge in [-0.05, 0) is 34.2 Å². The van der Waals surface area contributed by atoms with E-state index in [4.69, 9.17) is 4.74 Å². The Hall–Kier alpha value is -1.28. The van der Waals surface area contributed by atoms with Gasteiger partial charge in [0.1, 0.15) is 5.75 Å². The highest BCUT2D eigenvalue weighted by Gasteiger charge is 2.15. The van der Waals surface area contributed by atoms with Gasteiger partial charge >= 0.3 is 0 Å². The lowest BCUT2D eigenvalue weighted by molar-refractivity contribution is 0.414. The van der Waals surface area contributed by atoms with Gasteiger partial charge in [0.05, 0.1) is 11.9 Å². The van der Waals surface area contributed by atoms with Gasteiger partial charge in [0.15, 0.2) is 0 Å². The maximum atomic E-state index is 5.19. The highest BCUT2D eigenvalue weighted by Crippen LogP contribution is 2.33. The molecule has 20 heavy (non-hydrogen) atoms. The van der Waals surface area contributed by atoms with E-state index in [0.717, 1.165) is 5.75 Å². The lowest BCUT2D eigenvalue weighted by atomic mass is 9.86. The van der Waals surface area contributed by atoms with Crippen molar-refractivity contribution < 1.29 is 4.74 Å². The second-order valence-electron chi connectivity index (χ2n) is 6.01. The summed E-state index contributed by atoms with van der Waals surface area (Å²) in [5.41, 5.74) is 4.05. The zero-order valence-electron chi connectivity index (χ0n) is 12.5. The smallest absolute Gasteiger partial charge is 0.118 e. The molecule has 0 heterocycles. The van der Waals surface area contributed by atoms with Crippen LogP contribution < -0.4 is 4.74 Å². The zero-order chi connectivity index (χ0) is 14.8. The number of hydrogen-bond acceptors (Lipinski definition) is 1. The van der Waals surface area contributed by atoms with Crippen molar-refractivity contribution in [3.8, 4) is 5.75 Å². The van der Waals surface area contributed by atoms with E-state index in [-0.39, 0.29) is 10.2 Å². The normalized spacial score (nSPS) is 13.1. The van der Waals surface area contributed by atoms with E-state index in [1.807, 2.05) is 12.1 Å². The molecule has 0 radical (unpaired) electrons. The van der Waals surface area contributed by atoms with Crippen LogP contribution in [0.5, 0.6) is 5.75 Å². The minimum atomic E-state index is 0.195. The van der Waals surface area contributed by atoms with E-state index in [0.29, 0.717) is 0 Å². The first-order valence-electron chi connectivity index (χ1n) is 6.80. The second kappa shape index (κ2) is 6.01. The molecular formula is C18H21BrO. The standard InChI is InChI=1S/C18H21BrO/c1-18(2,3)15-9-5-13(6-10-15)17(19)14-7-11-16(20-4)12-8-14/h5-12,17H,1-4H3. The van der Waals surface area contributed by atoms with Crippen LogP contribution in [0.15, 0.2) is 48.5 Å². The molecule has 0 aliphatic heterocycles. The number of alkyl halides is 1. The topological polar surface area (TPSA) is 9.23 Å². The van der Waals surface area contributed by atoms with Crippen LogP contribution in [0.2, 0.25) is 0 Å². The molecule has 0 aliphatic rings. The Morgan fingerprint density at radius 2 is 1.30 bits per heavy atom. The quantitative estimate of drug-likeness (QED) is 0.676. The molecule has 0 bridgehead atoms. The Bertz CT molecular complexity index is 549. The predicted octanol–water partition coefficient (Wildman–Crippen LogP) is 5.48. The van der Waals surface area contributed by atoms with Crippen LogP contribution in [0, 0.1) is 0 Å². The molecule has 0 spiro atoms. The van der Waals surface area contributed by atoms with Crippen LogP contribution >= 0.6 is 15.9 Å². The summed E-state index contributed by atoms with van der Waals surface area (Å²) < 4.78 is 5.19. The fraction of sp³-hybridized carbons (Fsp3) is 0.333. The van der Waals surface area contributed by atoms with Gasteiger partial charge in [-0.3, -0.25) is 0 Å². The fourth-order valence-corrected chi connectivity index (χ4v) is 2.73. The van der Waals surface area contributed by atoms with Crippen LogP contribution in [0.1, 0.15) is 42.3 Å². The highest BCUT2D eigenvalue weighted by molar-refractivity contribution is 9.09. The average molecular weight is 333 g/mol. The third kappa shape index (κ3) is 3.43. The minimum absolute atomic E-state index is 0.195. The van der Waals surface area contributed by atoms with Gasteiger partial charge in [0.25, 0.3) is 0 Å². The zero-order valence-corrected chi connectivity index (χ0v) is 14.1. The van der Waals surface area contributed by atoms with Crippen molar-refractivity contribution in [1.82, 2.24) is 0 Å². The summed E-state index contributed by atoms with van der Waals surface area (Å²) in [6.45, 7) is 6.70. The van der Waals surface area contributed by atoms with Crippen molar-refractivity contribution in [3.63, 3.8) is 0 Å². The van der Waals surface area contributed by atoms with Gasteiger partial charge in [-0.15, -0.1) is 0 Å². The molecular weight excluding hydrogens is 312 g/mol. The number of benzene rings is 2. The van der Waals surface area contributed by atoms with Crippen molar-refractivity contribution in [3.05, 3.63) is 65.2 Å². The van der Waals surface area contributed by atoms with E-state index in [9.17, 15) is 0 Å². The predicted molar refractivity (Wildman–Crippen MR) is 88.9 cm³/mol. The largest absolute Gasteiger partial charge is 0.497 e. The fourth-order valence-electron chi connectivity index (χ4n) is 2.12. The molecule has 2 rings (SSSR count). The van der Waals surface area contributed by atoms with Gasteiger partial charge in [-0.25, -0.2) is 0 Å². The summed E-state index contributed by atoms with van der Waals surface area (Å²) in [7, 11) is 1.69. The van der Waals surface area contributed by atoms with Crippen molar-refractivity contribution in [1.29, 1.82) is 0 Å². The van der Waals surface area contributed by atoms with Gasteiger partial charge in [-0.2, -0.15) is 0 Å². The third-order valence-electron chi connectivity index (χ3n) is 3.48. The molecule has 0 fully saturated rings. The summed E-state index contributed by atoms with van der Waals surface area (Å²) >= 11 is 3.77. The van der Waals surface area contributed by atoms with E-state index >= 15 is 0 Å². The first-order valence-corrected chi connectivity index (χ1v) is 7.72. The Morgan fingerprint density at radius 3 is 1.70 bits per heavy atom. The van der Waals surface area contributed by atoms with Crippen molar-refractivity contribution in [2.75, 3.05) is 7.11 Å². The van der Waals surface area contributed by atoms with Gasteiger partial charge in [0, 0.05) is 0 Å².